The van der Waals surface area contributed by atoms with Crippen LogP contribution in [0.2, 0.25) is 0 Å². The van der Waals surface area contributed by atoms with Gasteiger partial charge in [-0.2, -0.15) is 0 Å². The molecular formula is C22H22N2O3S2. The van der Waals surface area contributed by atoms with E-state index < -0.39 is 18.1 Å². The number of benzene rings is 2. The number of rotatable bonds is 6. The number of amides is 1. The molecule has 29 heavy (non-hydrogen) atoms. The summed E-state index contributed by atoms with van der Waals surface area (Å²) in [5.41, 5.74) is 8.06. The quantitative estimate of drug-likeness (QED) is 0.563. The third-order valence-corrected chi connectivity index (χ3v) is 7.37. The van der Waals surface area contributed by atoms with Crippen molar-refractivity contribution in [3.8, 4) is 0 Å². The van der Waals surface area contributed by atoms with Gasteiger partial charge in [-0.15, -0.1) is 23.5 Å². The molecule has 4 rings (SSSR count). The number of nitrogens with two attached hydrogens (primary N) is 1. The molecule has 0 aliphatic carbocycles. The number of ether oxygens (including phenoxy) is 1. The average molecular weight is 427 g/mol. The third-order valence-electron chi connectivity index (χ3n) is 4.92. The number of hydrogen-bond acceptors (Lipinski definition) is 6. The first-order valence-corrected chi connectivity index (χ1v) is 11.5. The Morgan fingerprint density at radius 2 is 1.76 bits per heavy atom. The highest BCUT2D eigenvalue weighted by atomic mass is 32.2. The van der Waals surface area contributed by atoms with Crippen molar-refractivity contribution in [2.24, 2.45) is 5.73 Å². The van der Waals surface area contributed by atoms with E-state index in [2.05, 4.69) is 0 Å². The van der Waals surface area contributed by atoms with Crippen molar-refractivity contribution >= 4 is 35.4 Å². The van der Waals surface area contributed by atoms with Gasteiger partial charge in [0.15, 0.2) is 6.10 Å². The largest absolute Gasteiger partial charge is 0.448 e. The number of thioether (sulfide) groups is 2. The fourth-order valence-electron chi connectivity index (χ4n) is 3.51. The molecule has 2 aliphatic heterocycles. The number of esters is 1. The van der Waals surface area contributed by atoms with Crippen LogP contribution in [0, 0.1) is 0 Å². The van der Waals surface area contributed by atoms with Gasteiger partial charge in [-0.1, -0.05) is 67.6 Å². The molecule has 0 spiro atoms. The van der Waals surface area contributed by atoms with E-state index in [-0.39, 0.29) is 11.3 Å². The van der Waals surface area contributed by atoms with E-state index in [9.17, 15) is 9.59 Å². The summed E-state index contributed by atoms with van der Waals surface area (Å²) in [6.07, 6.45) is -0.552. The van der Waals surface area contributed by atoms with Gasteiger partial charge in [-0.25, -0.2) is 4.79 Å². The van der Waals surface area contributed by atoms with Crippen LogP contribution in [0.1, 0.15) is 24.2 Å². The van der Waals surface area contributed by atoms with Crippen molar-refractivity contribution in [3.05, 3.63) is 82.4 Å². The average Bonchev–Trinajstić information content (AvgIpc) is 2.77. The van der Waals surface area contributed by atoms with Gasteiger partial charge in [0.25, 0.3) is 0 Å². The highest BCUT2D eigenvalue weighted by molar-refractivity contribution is 8.06. The SMILES string of the molecule is CCSC1=C(C(=O)OC(c2ccccc2)c2ccccc2)N2C(=O)C(N)[C@H]2SC1. The summed E-state index contributed by atoms with van der Waals surface area (Å²) in [5.74, 6) is 0.766. The molecule has 150 valence electrons. The highest BCUT2D eigenvalue weighted by Crippen LogP contribution is 2.43. The number of carbonyl (C=O) groups is 2. The topological polar surface area (TPSA) is 72.6 Å². The second-order valence-electron chi connectivity index (χ2n) is 6.75. The maximum Gasteiger partial charge on any atom is 0.356 e. The molecule has 2 heterocycles. The van der Waals surface area contributed by atoms with E-state index >= 15 is 0 Å². The number of nitrogens with zero attached hydrogens (tertiary/aromatic N) is 1. The van der Waals surface area contributed by atoms with Gasteiger partial charge >= 0.3 is 5.97 Å². The molecule has 2 aromatic carbocycles. The summed E-state index contributed by atoms with van der Waals surface area (Å²) in [4.78, 5) is 28.2. The normalized spacial score (nSPS) is 21.1. The van der Waals surface area contributed by atoms with E-state index in [1.807, 2.05) is 67.6 Å². The van der Waals surface area contributed by atoms with E-state index in [1.165, 1.54) is 4.90 Å². The minimum atomic E-state index is -0.560. The first-order valence-electron chi connectivity index (χ1n) is 9.49. The molecule has 0 bridgehead atoms. The van der Waals surface area contributed by atoms with Gasteiger partial charge in [0.2, 0.25) is 5.91 Å². The lowest BCUT2D eigenvalue weighted by Gasteiger charge is -2.48. The summed E-state index contributed by atoms with van der Waals surface area (Å²) in [6, 6.07) is 18.7. The molecule has 1 amide bonds. The lowest BCUT2D eigenvalue weighted by atomic mass is 10.0. The Bertz CT molecular complexity index is 894. The first kappa shape index (κ1) is 20.1. The zero-order chi connectivity index (χ0) is 20.4. The minimum Gasteiger partial charge on any atom is -0.448 e. The predicted octanol–water partition coefficient (Wildman–Crippen LogP) is 3.53. The summed E-state index contributed by atoms with van der Waals surface area (Å²) in [6.45, 7) is 2.03. The molecule has 0 radical (unpaired) electrons. The van der Waals surface area contributed by atoms with Crippen LogP contribution >= 0.6 is 23.5 Å². The van der Waals surface area contributed by atoms with Gasteiger partial charge < -0.3 is 10.5 Å². The monoisotopic (exact) mass is 426 g/mol. The van der Waals surface area contributed by atoms with Gasteiger partial charge in [-0.3, -0.25) is 9.69 Å². The second kappa shape index (κ2) is 8.65. The van der Waals surface area contributed by atoms with Crippen LogP contribution in [0.5, 0.6) is 0 Å². The number of carbonyl (C=O) groups excluding carboxylic acids is 2. The molecule has 5 nitrogen and oxygen atoms in total. The molecule has 1 unspecified atom stereocenters. The number of β-lactam (4-membered cyclic amide) rings is 1. The zero-order valence-corrected chi connectivity index (χ0v) is 17.6. The van der Waals surface area contributed by atoms with Crippen molar-refractivity contribution in [3.63, 3.8) is 0 Å². The highest BCUT2D eigenvalue weighted by Gasteiger charge is 2.52. The molecule has 2 atom stereocenters. The van der Waals surface area contributed by atoms with Crippen molar-refractivity contribution in [1.82, 2.24) is 4.90 Å². The van der Waals surface area contributed by atoms with Crippen molar-refractivity contribution in [2.45, 2.75) is 24.4 Å². The molecule has 2 aromatic rings. The van der Waals surface area contributed by atoms with E-state index in [0.29, 0.717) is 11.4 Å². The molecule has 1 fully saturated rings. The van der Waals surface area contributed by atoms with Crippen LogP contribution in [0.4, 0.5) is 0 Å². The maximum absolute atomic E-state index is 13.3. The van der Waals surface area contributed by atoms with Gasteiger partial charge in [0.1, 0.15) is 17.1 Å². The molecule has 2 N–H and O–H groups in total. The van der Waals surface area contributed by atoms with Gasteiger partial charge in [0, 0.05) is 10.7 Å². The summed E-state index contributed by atoms with van der Waals surface area (Å²) >= 11 is 3.17. The number of fused-ring (bicyclic) bond motifs is 1. The first-order chi connectivity index (χ1) is 14.1. The molecule has 0 aromatic heterocycles. The molecule has 0 saturated carbocycles. The van der Waals surface area contributed by atoms with E-state index in [1.54, 1.807) is 23.5 Å². The summed E-state index contributed by atoms with van der Waals surface area (Å²) in [5, 5.41) is -0.196. The Hall–Kier alpha value is -2.22. The number of hydrogen-bond donors (Lipinski definition) is 1. The lowest BCUT2D eigenvalue weighted by Crippen LogP contribution is -2.68. The van der Waals surface area contributed by atoms with E-state index in [4.69, 9.17) is 10.5 Å². The van der Waals surface area contributed by atoms with Crippen molar-refractivity contribution in [2.75, 3.05) is 11.5 Å². The van der Waals surface area contributed by atoms with Crippen LogP contribution < -0.4 is 5.73 Å². The standard InChI is InChI=1S/C22H22N2O3S2/c1-2-28-16-13-29-21-17(23)20(25)24(21)18(16)22(26)27-19(14-9-5-3-6-10-14)15-11-7-4-8-12-15/h3-12,17,19,21H,2,13,23H2,1H3/t17?,21-/m1/s1. The Morgan fingerprint density at radius 3 is 2.31 bits per heavy atom. The van der Waals surface area contributed by atoms with Crippen LogP contribution in [0.25, 0.3) is 0 Å². The van der Waals surface area contributed by atoms with Gasteiger partial charge in [-0.05, 0) is 16.9 Å². The van der Waals surface area contributed by atoms with Crippen molar-refractivity contribution < 1.29 is 14.3 Å². The van der Waals surface area contributed by atoms with Crippen LogP contribution in [-0.4, -0.2) is 39.7 Å². The van der Waals surface area contributed by atoms with Crippen LogP contribution in [-0.2, 0) is 14.3 Å². The Balaban J connectivity index is 1.68. The van der Waals surface area contributed by atoms with E-state index in [0.717, 1.165) is 21.8 Å². The fourth-order valence-corrected chi connectivity index (χ4v) is 5.85. The summed E-state index contributed by atoms with van der Waals surface area (Å²) < 4.78 is 6.02. The molecule has 2 aliphatic rings. The fraction of sp³-hybridized carbons (Fsp3) is 0.273. The van der Waals surface area contributed by atoms with Crippen LogP contribution in [0.3, 0.4) is 0 Å². The minimum absolute atomic E-state index is 0.196. The Morgan fingerprint density at radius 1 is 1.17 bits per heavy atom. The third kappa shape index (κ3) is 3.82. The predicted molar refractivity (Wildman–Crippen MR) is 117 cm³/mol. The zero-order valence-electron chi connectivity index (χ0n) is 16.0. The molecule has 7 heteroatoms. The Labute approximate surface area is 178 Å². The summed E-state index contributed by atoms with van der Waals surface area (Å²) in [7, 11) is 0. The Kier molecular flexibility index (Phi) is 5.99. The molecule has 1 saturated heterocycles. The maximum atomic E-state index is 13.3. The van der Waals surface area contributed by atoms with Crippen molar-refractivity contribution in [1.29, 1.82) is 0 Å². The van der Waals surface area contributed by atoms with Gasteiger partial charge in [0.05, 0.1) is 0 Å². The lowest BCUT2D eigenvalue weighted by molar-refractivity contribution is -0.152. The second-order valence-corrected chi connectivity index (χ2v) is 9.21. The smallest absolute Gasteiger partial charge is 0.356 e. The van der Waals surface area contributed by atoms with Crippen LogP contribution in [0.15, 0.2) is 71.3 Å². The molecular weight excluding hydrogens is 404 g/mol.